The van der Waals surface area contributed by atoms with E-state index in [1.165, 1.54) is 32.9 Å². The maximum Gasteiger partial charge on any atom is 0.143 e. The van der Waals surface area contributed by atoms with Gasteiger partial charge in [-0.15, -0.1) is 0 Å². The number of rotatable bonds is 7. The van der Waals surface area contributed by atoms with Crippen LogP contribution >= 0.6 is 0 Å². The zero-order valence-corrected chi connectivity index (χ0v) is 33.4. The molecule has 2 aliphatic rings. The van der Waals surface area contributed by atoms with E-state index in [0.717, 1.165) is 66.9 Å². The Bertz CT molecular complexity index is 3410. The van der Waals surface area contributed by atoms with Crippen molar-refractivity contribution >= 4 is 60.8 Å². The highest BCUT2D eigenvalue weighted by Crippen LogP contribution is 2.51. The van der Waals surface area contributed by atoms with Crippen molar-refractivity contribution in [1.29, 1.82) is 0 Å². The van der Waals surface area contributed by atoms with Crippen LogP contribution in [0.1, 0.15) is 11.5 Å². The zero-order valence-electron chi connectivity index (χ0n) is 33.4. The lowest BCUT2D eigenvalue weighted by Crippen LogP contribution is -2.20. The van der Waals surface area contributed by atoms with Gasteiger partial charge >= 0.3 is 0 Å². The van der Waals surface area contributed by atoms with E-state index in [2.05, 4.69) is 234 Å². The molecule has 2 atom stereocenters. The van der Waals surface area contributed by atoms with E-state index in [1.807, 2.05) is 6.07 Å². The Morgan fingerprint density at radius 1 is 0.410 bits per heavy atom. The molecule has 2 unspecified atom stereocenters. The van der Waals surface area contributed by atoms with Crippen molar-refractivity contribution < 1.29 is 4.42 Å². The van der Waals surface area contributed by atoms with Crippen molar-refractivity contribution in [2.45, 2.75) is 5.92 Å². The first-order valence-electron chi connectivity index (χ1n) is 21.1. The number of nitrogens with zero attached hydrogens (tertiary/aromatic N) is 2. The van der Waals surface area contributed by atoms with Gasteiger partial charge in [-0.1, -0.05) is 188 Å². The van der Waals surface area contributed by atoms with Crippen molar-refractivity contribution in [1.82, 2.24) is 4.57 Å². The predicted molar refractivity (Wildman–Crippen MR) is 255 cm³/mol. The van der Waals surface area contributed by atoms with Crippen LogP contribution in [-0.4, -0.2) is 4.57 Å². The van der Waals surface area contributed by atoms with Gasteiger partial charge in [-0.3, -0.25) is 0 Å². The molecule has 0 fully saturated rings. The van der Waals surface area contributed by atoms with Crippen LogP contribution < -0.4 is 4.90 Å². The predicted octanol–water partition coefficient (Wildman–Crippen LogP) is 15.8. The molecule has 3 nitrogen and oxygen atoms in total. The third kappa shape index (κ3) is 5.66. The van der Waals surface area contributed by atoms with E-state index in [0.29, 0.717) is 0 Å². The van der Waals surface area contributed by atoms with Crippen LogP contribution in [0.15, 0.2) is 241 Å². The van der Waals surface area contributed by atoms with E-state index in [9.17, 15) is 0 Å². The molecule has 0 amide bonds. The minimum Gasteiger partial charge on any atom is -0.455 e. The summed E-state index contributed by atoms with van der Waals surface area (Å²) in [4.78, 5) is 2.51. The summed E-state index contributed by atoms with van der Waals surface area (Å²) < 4.78 is 9.17. The molecule has 3 heteroatoms. The van der Waals surface area contributed by atoms with Gasteiger partial charge in [0.05, 0.1) is 28.1 Å². The Kier molecular flexibility index (Phi) is 8.31. The number of allylic oxidation sites excluding steroid dienone is 8. The maximum absolute atomic E-state index is 6.73. The van der Waals surface area contributed by atoms with Crippen molar-refractivity contribution in [3.8, 4) is 27.9 Å². The van der Waals surface area contributed by atoms with Gasteiger partial charge in [0.15, 0.2) is 0 Å². The summed E-state index contributed by atoms with van der Waals surface area (Å²) >= 11 is 0. The molecule has 2 aromatic heterocycles. The van der Waals surface area contributed by atoms with Crippen LogP contribution in [0.5, 0.6) is 0 Å². The minimum absolute atomic E-state index is 0.128. The molecule has 288 valence electrons. The van der Waals surface area contributed by atoms with Crippen LogP contribution in [0.4, 0.5) is 17.1 Å². The second kappa shape index (κ2) is 14.4. The Labute approximate surface area is 354 Å². The first-order chi connectivity index (χ1) is 30.3. The molecule has 0 saturated heterocycles. The Hall–Kier alpha value is -7.88. The summed E-state index contributed by atoms with van der Waals surface area (Å²) in [5, 5.41) is 4.71. The molecule has 2 aliphatic carbocycles. The number of para-hydroxylation sites is 8. The average molecular weight is 781 g/mol. The fourth-order valence-electron chi connectivity index (χ4n) is 9.96. The largest absolute Gasteiger partial charge is 0.455 e. The first kappa shape index (κ1) is 35.1. The van der Waals surface area contributed by atoms with Gasteiger partial charge in [-0.05, 0) is 53.6 Å². The van der Waals surface area contributed by atoms with E-state index in [4.69, 9.17) is 4.42 Å². The summed E-state index contributed by atoms with van der Waals surface area (Å²) in [6.45, 7) is 0. The lowest BCUT2D eigenvalue weighted by atomic mass is 9.76. The fourth-order valence-corrected chi connectivity index (χ4v) is 9.96. The fraction of sp³-hybridized carbons (Fsp3) is 0.0345. The Balaban J connectivity index is 1.13. The van der Waals surface area contributed by atoms with Gasteiger partial charge in [0, 0.05) is 61.3 Å². The molecular formula is C58H40N2O. The van der Waals surface area contributed by atoms with Gasteiger partial charge in [-0.2, -0.15) is 0 Å². The van der Waals surface area contributed by atoms with Crippen molar-refractivity contribution in [2.24, 2.45) is 5.92 Å². The van der Waals surface area contributed by atoms with Crippen LogP contribution in [-0.2, 0) is 0 Å². The van der Waals surface area contributed by atoms with E-state index >= 15 is 0 Å². The minimum atomic E-state index is 0.128. The van der Waals surface area contributed by atoms with Crippen LogP contribution in [0.3, 0.4) is 0 Å². The lowest BCUT2D eigenvalue weighted by Gasteiger charge is -2.35. The van der Waals surface area contributed by atoms with Gasteiger partial charge in [0.1, 0.15) is 11.2 Å². The number of furan rings is 1. The molecule has 8 aromatic carbocycles. The third-order valence-corrected chi connectivity index (χ3v) is 12.6. The molecule has 0 saturated carbocycles. The third-order valence-electron chi connectivity index (χ3n) is 12.6. The second-order valence-electron chi connectivity index (χ2n) is 15.9. The van der Waals surface area contributed by atoms with Crippen LogP contribution in [0, 0.1) is 5.92 Å². The summed E-state index contributed by atoms with van der Waals surface area (Å²) in [6, 6.07) is 68.0. The summed E-state index contributed by atoms with van der Waals surface area (Å²) in [7, 11) is 0. The SMILES string of the molecule is C1=CC2=CC=CC(c3ccccc3N(c3ccccc3-c3ccccc3-n3c4ccccc4c4ccccc43)c3ccccc3-c3cccc4c3oc3ccccc34)C2C=C1. The van der Waals surface area contributed by atoms with Gasteiger partial charge < -0.3 is 13.9 Å². The van der Waals surface area contributed by atoms with E-state index in [-0.39, 0.29) is 11.8 Å². The molecule has 0 bridgehead atoms. The second-order valence-corrected chi connectivity index (χ2v) is 15.9. The smallest absolute Gasteiger partial charge is 0.143 e. The lowest BCUT2D eigenvalue weighted by molar-refractivity contribution is 0.670. The zero-order chi connectivity index (χ0) is 40.3. The molecule has 2 heterocycles. The summed E-state index contributed by atoms with van der Waals surface area (Å²) in [5.74, 6) is 0.353. The first-order valence-corrected chi connectivity index (χ1v) is 21.1. The van der Waals surface area contributed by atoms with Crippen molar-refractivity contribution in [3.05, 3.63) is 242 Å². The van der Waals surface area contributed by atoms with E-state index in [1.54, 1.807) is 0 Å². The normalized spacial score (nSPS) is 15.8. The topological polar surface area (TPSA) is 21.3 Å². The molecule has 10 aromatic rings. The molecule has 12 rings (SSSR count). The Morgan fingerprint density at radius 2 is 0.967 bits per heavy atom. The maximum atomic E-state index is 6.73. The highest BCUT2D eigenvalue weighted by Gasteiger charge is 2.31. The molecule has 0 radical (unpaired) electrons. The number of hydrogen-bond donors (Lipinski definition) is 0. The van der Waals surface area contributed by atoms with Gasteiger partial charge in [0.2, 0.25) is 0 Å². The van der Waals surface area contributed by atoms with Crippen LogP contribution in [0.25, 0.3) is 71.7 Å². The molecule has 0 spiro atoms. The summed E-state index contributed by atoms with van der Waals surface area (Å²) in [6.07, 6.45) is 15.8. The van der Waals surface area contributed by atoms with Crippen molar-refractivity contribution in [3.63, 3.8) is 0 Å². The van der Waals surface area contributed by atoms with Crippen LogP contribution in [0.2, 0.25) is 0 Å². The highest BCUT2D eigenvalue weighted by atomic mass is 16.3. The van der Waals surface area contributed by atoms with Gasteiger partial charge in [0.25, 0.3) is 0 Å². The Morgan fingerprint density at radius 3 is 1.74 bits per heavy atom. The molecule has 61 heavy (non-hydrogen) atoms. The molecule has 0 aliphatic heterocycles. The quantitative estimate of drug-likeness (QED) is 0.161. The van der Waals surface area contributed by atoms with Gasteiger partial charge in [-0.25, -0.2) is 0 Å². The number of benzene rings is 8. The standard InChI is InChI=1S/C58H40N2O/c1-2-21-40-39(19-1)20-17-29-41(40)42-22-3-10-32-51(42)59(56-37-15-8-27-47(56)49-30-18-31-50-48-28-9-16-38-57(48)61-58(49)50)52-33-11-4-23-43(52)44-24-5-12-34-53(44)60-54-35-13-6-25-45(54)46-26-7-14-36-55(46)60/h1-38,40-41H. The van der Waals surface area contributed by atoms with E-state index < -0.39 is 0 Å². The monoisotopic (exact) mass is 780 g/mol. The number of anilines is 3. The number of hydrogen-bond acceptors (Lipinski definition) is 2. The number of aromatic nitrogens is 1. The average Bonchev–Trinajstić information content (AvgIpc) is 3.88. The summed E-state index contributed by atoms with van der Waals surface area (Å²) in [5.41, 5.74) is 15.6. The highest BCUT2D eigenvalue weighted by molar-refractivity contribution is 6.12. The number of fused-ring (bicyclic) bond motifs is 7. The molecular weight excluding hydrogens is 741 g/mol. The molecule has 0 N–H and O–H groups in total. The van der Waals surface area contributed by atoms with Crippen molar-refractivity contribution in [2.75, 3.05) is 4.90 Å².